The zero-order valence-corrected chi connectivity index (χ0v) is 20.4. The molecule has 7 nitrogen and oxygen atoms in total. The van der Waals surface area contributed by atoms with Crippen LogP contribution in [0.1, 0.15) is 77.0 Å². The fourth-order valence-corrected chi connectivity index (χ4v) is 6.13. The largest absolute Gasteiger partial charge is 0.494 e. The number of halogens is 1. The topological polar surface area (TPSA) is 64.5 Å². The maximum Gasteiger partial charge on any atom is 0.235 e. The van der Waals surface area contributed by atoms with Gasteiger partial charge in [0.15, 0.2) is 11.6 Å². The van der Waals surface area contributed by atoms with E-state index in [0.717, 1.165) is 31.1 Å². The monoisotopic (exact) mass is 470 g/mol. The maximum absolute atomic E-state index is 14.3. The minimum atomic E-state index is -0.382. The molecule has 2 heterocycles. The summed E-state index contributed by atoms with van der Waals surface area (Å²) in [5.74, 6) is 2.10. The molecule has 5 rings (SSSR count). The second kappa shape index (κ2) is 11.0. The normalized spacial score (nSPS) is 28.5. The molecule has 2 atom stereocenters. The van der Waals surface area contributed by atoms with Crippen LogP contribution in [0.5, 0.6) is 5.75 Å². The molecule has 3 fully saturated rings. The summed E-state index contributed by atoms with van der Waals surface area (Å²) < 4.78 is 19.4. The van der Waals surface area contributed by atoms with Crippen molar-refractivity contribution in [3.8, 4) is 5.75 Å². The highest BCUT2D eigenvalue weighted by Crippen LogP contribution is 2.36. The number of nitrogens with one attached hydrogen (secondary N) is 2. The van der Waals surface area contributed by atoms with Gasteiger partial charge >= 0.3 is 0 Å². The summed E-state index contributed by atoms with van der Waals surface area (Å²) in [5.41, 5.74) is 4.23. The molecule has 1 aromatic carbocycles. The SMILES string of the molecule is COc1ccc(NC2=NC(=NC3CCCCCC3)NN(N3CCCC4CCCCC43)C2)cc1F. The van der Waals surface area contributed by atoms with Gasteiger partial charge in [-0.1, -0.05) is 38.5 Å². The van der Waals surface area contributed by atoms with Crippen molar-refractivity contribution in [1.29, 1.82) is 0 Å². The second-order valence-electron chi connectivity index (χ2n) is 10.2. The predicted octanol–water partition coefficient (Wildman–Crippen LogP) is 5.11. The van der Waals surface area contributed by atoms with E-state index in [1.165, 1.54) is 77.4 Å². The number of fused-ring (bicyclic) bond motifs is 1. The smallest absolute Gasteiger partial charge is 0.235 e. The van der Waals surface area contributed by atoms with Crippen molar-refractivity contribution in [3.63, 3.8) is 0 Å². The maximum atomic E-state index is 14.3. The summed E-state index contributed by atoms with van der Waals surface area (Å²) in [7, 11) is 1.48. The van der Waals surface area contributed by atoms with Crippen LogP contribution in [0.4, 0.5) is 10.1 Å². The van der Waals surface area contributed by atoms with Gasteiger partial charge in [0.1, 0.15) is 5.84 Å². The third-order valence-corrected chi connectivity index (χ3v) is 7.86. The summed E-state index contributed by atoms with van der Waals surface area (Å²) in [4.78, 5) is 9.90. The van der Waals surface area contributed by atoms with Crippen LogP contribution in [0.25, 0.3) is 0 Å². The number of rotatable bonds is 4. The van der Waals surface area contributed by atoms with E-state index in [4.69, 9.17) is 14.7 Å². The first kappa shape index (κ1) is 23.5. The van der Waals surface area contributed by atoms with Gasteiger partial charge in [-0.2, -0.15) is 4.99 Å². The molecular formula is C26H39FN6O. The van der Waals surface area contributed by atoms with Crippen molar-refractivity contribution in [1.82, 2.24) is 15.6 Å². The van der Waals surface area contributed by atoms with Crippen molar-refractivity contribution in [3.05, 3.63) is 24.0 Å². The lowest BCUT2D eigenvalue weighted by Gasteiger charge is -2.49. The number of benzene rings is 1. The highest BCUT2D eigenvalue weighted by Gasteiger charge is 2.38. The number of nitrogens with zero attached hydrogens (tertiary/aromatic N) is 4. The van der Waals surface area contributed by atoms with Gasteiger partial charge in [0.2, 0.25) is 5.96 Å². The molecule has 186 valence electrons. The predicted molar refractivity (Wildman–Crippen MR) is 134 cm³/mol. The number of piperidine rings is 1. The number of amidine groups is 1. The number of anilines is 1. The van der Waals surface area contributed by atoms with Crippen molar-refractivity contribution in [2.45, 2.75) is 89.1 Å². The van der Waals surface area contributed by atoms with Gasteiger partial charge in [0.05, 0.1) is 19.7 Å². The lowest BCUT2D eigenvalue weighted by molar-refractivity contribution is -0.119. The average molecular weight is 471 g/mol. The summed E-state index contributed by atoms with van der Waals surface area (Å²) in [5, 5.41) is 8.12. The molecule has 2 aliphatic carbocycles. The Bertz CT molecular complexity index is 895. The molecule has 0 spiro atoms. The van der Waals surface area contributed by atoms with Crippen LogP contribution in [0.3, 0.4) is 0 Å². The molecule has 4 aliphatic rings. The number of ether oxygens (including phenoxy) is 1. The molecule has 1 saturated heterocycles. The molecule has 34 heavy (non-hydrogen) atoms. The van der Waals surface area contributed by atoms with Gasteiger partial charge in [-0.15, -0.1) is 5.12 Å². The Morgan fingerprint density at radius 2 is 1.79 bits per heavy atom. The number of aliphatic imine (C=N–C) groups is 2. The Hall–Kier alpha value is -2.19. The van der Waals surface area contributed by atoms with E-state index < -0.39 is 0 Å². The Labute approximate surface area is 202 Å². The Kier molecular flexibility index (Phi) is 7.64. The average Bonchev–Trinajstić information content (AvgIpc) is 3.12. The lowest BCUT2D eigenvalue weighted by Crippen LogP contribution is -2.64. The molecule has 0 aromatic heterocycles. The van der Waals surface area contributed by atoms with Crippen LogP contribution < -0.4 is 15.5 Å². The van der Waals surface area contributed by atoms with Crippen molar-refractivity contribution in [2.24, 2.45) is 15.9 Å². The highest BCUT2D eigenvalue weighted by molar-refractivity contribution is 6.05. The summed E-state index contributed by atoms with van der Waals surface area (Å²) in [6.07, 6.45) is 15.1. The van der Waals surface area contributed by atoms with E-state index in [9.17, 15) is 4.39 Å². The number of hydrogen-bond acceptors (Lipinski definition) is 5. The number of guanidine groups is 1. The van der Waals surface area contributed by atoms with Crippen molar-refractivity contribution >= 4 is 17.5 Å². The first-order valence-corrected chi connectivity index (χ1v) is 13.3. The number of methoxy groups -OCH3 is 1. The fraction of sp³-hybridized carbons (Fsp3) is 0.692. The van der Waals surface area contributed by atoms with Crippen molar-refractivity contribution < 1.29 is 9.13 Å². The fourth-order valence-electron chi connectivity index (χ4n) is 6.13. The molecule has 2 N–H and O–H groups in total. The molecular weight excluding hydrogens is 431 g/mol. The summed E-state index contributed by atoms with van der Waals surface area (Å²) >= 11 is 0. The van der Waals surface area contributed by atoms with E-state index in [1.54, 1.807) is 6.07 Å². The lowest BCUT2D eigenvalue weighted by atomic mass is 9.79. The van der Waals surface area contributed by atoms with E-state index >= 15 is 0 Å². The van der Waals surface area contributed by atoms with Gasteiger partial charge in [0, 0.05) is 24.3 Å². The summed E-state index contributed by atoms with van der Waals surface area (Å²) in [6, 6.07) is 5.84. The number of hydrazine groups is 2. The molecule has 2 saturated carbocycles. The standard InChI is InChI=1S/C26H39FN6O/c1-34-24-15-14-21(17-22(24)27)28-25-18-33(32-16-8-10-19-9-6-7-13-23(19)32)31-26(30-25)29-20-11-4-2-3-5-12-20/h14-15,17,19-20,23H,2-13,16,18H2,1H3,(H2,28,29,30,31). The van der Waals surface area contributed by atoms with Gasteiger partial charge in [-0.05, 0) is 56.6 Å². The molecule has 2 aliphatic heterocycles. The van der Waals surface area contributed by atoms with Crippen LogP contribution >= 0.6 is 0 Å². The Morgan fingerprint density at radius 1 is 1.03 bits per heavy atom. The van der Waals surface area contributed by atoms with Crippen LogP contribution in [-0.4, -0.2) is 54.2 Å². The Morgan fingerprint density at radius 3 is 2.59 bits per heavy atom. The van der Waals surface area contributed by atoms with Crippen LogP contribution in [0.2, 0.25) is 0 Å². The van der Waals surface area contributed by atoms with E-state index in [2.05, 4.69) is 20.9 Å². The molecule has 8 heteroatoms. The van der Waals surface area contributed by atoms with Crippen LogP contribution in [0, 0.1) is 11.7 Å². The van der Waals surface area contributed by atoms with Gasteiger partial charge in [-0.3, -0.25) is 5.43 Å². The van der Waals surface area contributed by atoms with Gasteiger partial charge in [0.25, 0.3) is 0 Å². The zero-order chi connectivity index (χ0) is 23.3. The minimum Gasteiger partial charge on any atom is -0.494 e. The molecule has 2 unspecified atom stereocenters. The quantitative estimate of drug-likeness (QED) is 0.599. The first-order chi connectivity index (χ1) is 16.7. The van der Waals surface area contributed by atoms with E-state index in [-0.39, 0.29) is 11.6 Å². The van der Waals surface area contributed by atoms with Gasteiger partial charge < -0.3 is 10.1 Å². The van der Waals surface area contributed by atoms with Crippen molar-refractivity contribution in [2.75, 3.05) is 25.5 Å². The van der Waals surface area contributed by atoms with Crippen LogP contribution in [0.15, 0.2) is 28.2 Å². The first-order valence-electron chi connectivity index (χ1n) is 13.3. The zero-order valence-electron chi connectivity index (χ0n) is 20.4. The molecule has 1 aromatic rings. The van der Waals surface area contributed by atoms with Gasteiger partial charge in [-0.25, -0.2) is 14.4 Å². The Balaban J connectivity index is 1.39. The molecule has 0 bridgehead atoms. The second-order valence-corrected chi connectivity index (χ2v) is 10.2. The summed E-state index contributed by atoms with van der Waals surface area (Å²) in [6.45, 7) is 1.65. The van der Waals surface area contributed by atoms with E-state index in [0.29, 0.717) is 30.3 Å². The third kappa shape index (κ3) is 5.54. The minimum absolute atomic E-state index is 0.242. The van der Waals surface area contributed by atoms with E-state index in [1.807, 2.05) is 6.07 Å². The number of hydrogen-bond donors (Lipinski definition) is 2. The molecule has 0 radical (unpaired) electrons. The van der Waals surface area contributed by atoms with Crippen LogP contribution in [-0.2, 0) is 0 Å². The third-order valence-electron chi connectivity index (χ3n) is 7.86. The molecule has 0 amide bonds. The highest BCUT2D eigenvalue weighted by atomic mass is 19.1.